The van der Waals surface area contributed by atoms with Gasteiger partial charge in [0.2, 0.25) is 5.91 Å². The van der Waals surface area contributed by atoms with Crippen molar-refractivity contribution in [2.75, 3.05) is 0 Å². The predicted octanol–water partition coefficient (Wildman–Crippen LogP) is 1.13. The number of hydrogen-bond acceptors (Lipinski definition) is 5. The molecule has 0 aromatic carbocycles. The van der Waals surface area contributed by atoms with E-state index in [2.05, 4.69) is 10.3 Å². The van der Waals surface area contributed by atoms with Gasteiger partial charge in [-0.2, -0.15) is 0 Å². The summed E-state index contributed by atoms with van der Waals surface area (Å²) in [5.74, 6) is -1.29. The fourth-order valence-corrected chi connectivity index (χ4v) is 2.67. The standard InChI is InChI=1S/C12H19N3O3S/c1-6-11(19-8(3)14-6)7(2)15-12(18)9(13)4-5-10(16)17/h7,9H,4-5,13H2,1-3H3,(H,15,18)(H,16,17). The second-order valence-electron chi connectivity index (χ2n) is 4.45. The number of aromatic nitrogens is 1. The third kappa shape index (κ3) is 4.60. The smallest absolute Gasteiger partial charge is 0.303 e. The van der Waals surface area contributed by atoms with Crippen LogP contribution in [0.1, 0.15) is 41.4 Å². The number of amides is 1. The Kier molecular flexibility index (Phi) is 5.44. The fraction of sp³-hybridized carbons (Fsp3) is 0.583. The highest BCUT2D eigenvalue weighted by Gasteiger charge is 2.20. The van der Waals surface area contributed by atoms with Crippen LogP contribution in [0, 0.1) is 13.8 Å². The van der Waals surface area contributed by atoms with Crippen molar-refractivity contribution in [1.29, 1.82) is 0 Å². The Balaban J connectivity index is 2.56. The van der Waals surface area contributed by atoms with Crippen LogP contribution in [0.4, 0.5) is 0 Å². The molecule has 19 heavy (non-hydrogen) atoms. The second-order valence-corrected chi connectivity index (χ2v) is 5.69. The van der Waals surface area contributed by atoms with Gasteiger partial charge in [0.05, 0.1) is 22.8 Å². The molecular weight excluding hydrogens is 266 g/mol. The number of aliphatic carboxylic acids is 1. The summed E-state index contributed by atoms with van der Waals surface area (Å²) in [4.78, 5) is 27.5. The van der Waals surface area contributed by atoms with Crippen molar-refractivity contribution in [3.05, 3.63) is 15.6 Å². The average molecular weight is 285 g/mol. The number of hydrogen-bond donors (Lipinski definition) is 3. The molecule has 1 heterocycles. The minimum absolute atomic E-state index is 0.109. The molecule has 2 atom stereocenters. The Morgan fingerprint density at radius 2 is 2.11 bits per heavy atom. The predicted molar refractivity (Wildman–Crippen MR) is 73.0 cm³/mol. The molecule has 0 saturated heterocycles. The molecular formula is C12H19N3O3S. The van der Waals surface area contributed by atoms with Crippen molar-refractivity contribution < 1.29 is 14.7 Å². The summed E-state index contributed by atoms with van der Waals surface area (Å²) in [7, 11) is 0. The summed E-state index contributed by atoms with van der Waals surface area (Å²) >= 11 is 1.53. The Morgan fingerprint density at radius 3 is 2.58 bits per heavy atom. The van der Waals surface area contributed by atoms with Crippen molar-refractivity contribution in [3.63, 3.8) is 0 Å². The van der Waals surface area contributed by atoms with Crippen molar-refractivity contribution >= 4 is 23.2 Å². The number of aryl methyl sites for hydroxylation is 2. The molecule has 1 aromatic rings. The molecule has 106 valence electrons. The zero-order chi connectivity index (χ0) is 14.6. The third-order valence-electron chi connectivity index (χ3n) is 2.70. The minimum atomic E-state index is -0.953. The largest absolute Gasteiger partial charge is 0.481 e. The van der Waals surface area contributed by atoms with Crippen LogP contribution in [0.5, 0.6) is 0 Å². The maximum Gasteiger partial charge on any atom is 0.303 e. The molecule has 1 amide bonds. The topological polar surface area (TPSA) is 105 Å². The van der Waals surface area contributed by atoms with Gasteiger partial charge < -0.3 is 16.2 Å². The van der Waals surface area contributed by atoms with Crippen molar-refractivity contribution in [3.8, 4) is 0 Å². The summed E-state index contributed by atoms with van der Waals surface area (Å²) in [5, 5.41) is 12.3. The summed E-state index contributed by atoms with van der Waals surface area (Å²) in [6, 6.07) is -0.970. The number of rotatable bonds is 6. The highest BCUT2D eigenvalue weighted by molar-refractivity contribution is 7.11. The Hall–Kier alpha value is -1.47. The van der Waals surface area contributed by atoms with E-state index in [4.69, 9.17) is 10.8 Å². The van der Waals surface area contributed by atoms with E-state index in [-0.39, 0.29) is 24.8 Å². The SMILES string of the molecule is Cc1nc(C)c(C(C)NC(=O)C(N)CCC(=O)O)s1. The lowest BCUT2D eigenvalue weighted by atomic mass is 10.1. The number of thiazole rings is 1. The molecule has 0 spiro atoms. The van der Waals surface area contributed by atoms with Gasteiger partial charge in [-0.1, -0.05) is 0 Å². The minimum Gasteiger partial charge on any atom is -0.481 e. The maximum absolute atomic E-state index is 11.8. The molecule has 0 radical (unpaired) electrons. The molecule has 0 saturated carbocycles. The molecule has 0 aliphatic heterocycles. The molecule has 7 heteroatoms. The summed E-state index contributed by atoms with van der Waals surface area (Å²) in [5.41, 5.74) is 6.55. The first kappa shape index (κ1) is 15.6. The van der Waals surface area contributed by atoms with Crippen LogP contribution in [-0.4, -0.2) is 28.0 Å². The quantitative estimate of drug-likeness (QED) is 0.726. The molecule has 1 aromatic heterocycles. The van der Waals surface area contributed by atoms with Gasteiger partial charge in [-0.05, 0) is 27.2 Å². The lowest BCUT2D eigenvalue weighted by Crippen LogP contribution is -2.41. The molecule has 0 aliphatic carbocycles. The molecule has 0 bridgehead atoms. The Labute approximate surface area is 116 Å². The Bertz CT molecular complexity index is 473. The number of carbonyl (C=O) groups excluding carboxylic acids is 1. The molecule has 4 N–H and O–H groups in total. The maximum atomic E-state index is 11.8. The van der Waals surface area contributed by atoms with Gasteiger partial charge >= 0.3 is 5.97 Å². The second kappa shape index (κ2) is 6.63. The zero-order valence-electron chi connectivity index (χ0n) is 11.3. The highest BCUT2D eigenvalue weighted by Crippen LogP contribution is 2.24. The molecule has 1 rings (SSSR count). The zero-order valence-corrected chi connectivity index (χ0v) is 12.1. The summed E-state index contributed by atoms with van der Waals surface area (Å²) in [6.07, 6.45) is 0.0241. The van der Waals surface area contributed by atoms with Gasteiger partial charge in [-0.15, -0.1) is 11.3 Å². The van der Waals surface area contributed by atoms with Crippen LogP contribution in [0.3, 0.4) is 0 Å². The van der Waals surface area contributed by atoms with Crippen LogP contribution in [0.25, 0.3) is 0 Å². The van der Waals surface area contributed by atoms with E-state index in [9.17, 15) is 9.59 Å². The van der Waals surface area contributed by atoms with Crippen molar-refractivity contribution in [2.45, 2.75) is 45.7 Å². The van der Waals surface area contributed by atoms with Gasteiger partial charge in [0.1, 0.15) is 0 Å². The number of nitrogens with two attached hydrogens (primary N) is 1. The highest BCUT2D eigenvalue weighted by atomic mass is 32.1. The summed E-state index contributed by atoms with van der Waals surface area (Å²) < 4.78 is 0. The lowest BCUT2D eigenvalue weighted by molar-refractivity contribution is -0.137. The summed E-state index contributed by atoms with van der Waals surface area (Å²) in [6.45, 7) is 5.67. The van der Waals surface area contributed by atoms with Crippen LogP contribution in [-0.2, 0) is 9.59 Å². The van der Waals surface area contributed by atoms with Gasteiger partial charge in [0, 0.05) is 11.3 Å². The molecule has 0 aliphatic rings. The van der Waals surface area contributed by atoms with E-state index in [1.807, 2.05) is 20.8 Å². The van der Waals surface area contributed by atoms with Gasteiger partial charge in [0.15, 0.2) is 0 Å². The number of nitrogens with zero attached hydrogens (tertiary/aromatic N) is 1. The average Bonchev–Trinajstić information content (AvgIpc) is 2.65. The van der Waals surface area contributed by atoms with E-state index in [1.165, 1.54) is 11.3 Å². The number of carboxylic acid groups (broad SMARTS) is 1. The fourth-order valence-electron chi connectivity index (χ4n) is 1.74. The van der Waals surface area contributed by atoms with Gasteiger partial charge in [-0.3, -0.25) is 9.59 Å². The van der Waals surface area contributed by atoms with Crippen LogP contribution >= 0.6 is 11.3 Å². The van der Waals surface area contributed by atoms with E-state index in [0.29, 0.717) is 0 Å². The third-order valence-corrected chi connectivity index (χ3v) is 3.95. The Morgan fingerprint density at radius 1 is 1.47 bits per heavy atom. The monoisotopic (exact) mass is 285 g/mol. The number of carbonyl (C=O) groups is 2. The van der Waals surface area contributed by atoms with Crippen LogP contribution < -0.4 is 11.1 Å². The van der Waals surface area contributed by atoms with Crippen LogP contribution in [0.2, 0.25) is 0 Å². The number of carboxylic acids is 1. The number of nitrogens with one attached hydrogen (secondary N) is 1. The molecule has 6 nitrogen and oxygen atoms in total. The van der Waals surface area contributed by atoms with E-state index in [0.717, 1.165) is 15.6 Å². The molecule has 2 unspecified atom stereocenters. The van der Waals surface area contributed by atoms with Crippen molar-refractivity contribution in [2.24, 2.45) is 5.73 Å². The van der Waals surface area contributed by atoms with Crippen LogP contribution in [0.15, 0.2) is 0 Å². The first-order chi connectivity index (χ1) is 8.81. The lowest BCUT2D eigenvalue weighted by Gasteiger charge is -2.16. The van der Waals surface area contributed by atoms with E-state index >= 15 is 0 Å². The van der Waals surface area contributed by atoms with E-state index < -0.39 is 12.0 Å². The normalized spacial score (nSPS) is 13.9. The van der Waals surface area contributed by atoms with Gasteiger partial charge in [-0.25, -0.2) is 4.98 Å². The first-order valence-corrected chi connectivity index (χ1v) is 6.84. The van der Waals surface area contributed by atoms with Crippen molar-refractivity contribution in [1.82, 2.24) is 10.3 Å². The van der Waals surface area contributed by atoms with E-state index in [1.54, 1.807) is 0 Å². The first-order valence-electron chi connectivity index (χ1n) is 6.03. The van der Waals surface area contributed by atoms with Gasteiger partial charge in [0.25, 0.3) is 0 Å². The molecule has 0 fully saturated rings.